The van der Waals surface area contributed by atoms with Gasteiger partial charge in [-0.15, -0.1) is 0 Å². The maximum atomic E-state index is 5.49. The quantitative estimate of drug-likeness (QED) is 0.771. The summed E-state index contributed by atoms with van der Waals surface area (Å²) in [5.41, 5.74) is 0. The van der Waals surface area contributed by atoms with Crippen LogP contribution in [-0.4, -0.2) is 23.6 Å². The second-order valence-electron chi connectivity index (χ2n) is 5.53. The Kier molecular flexibility index (Phi) is 6.86. The fourth-order valence-electron chi connectivity index (χ4n) is 2.69. The van der Waals surface area contributed by atoms with E-state index < -0.39 is 0 Å². The van der Waals surface area contributed by atoms with Gasteiger partial charge in [-0.3, -0.25) is 0 Å². The highest BCUT2D eigenvalue weighted by Crippen LogP contribution is 2.28. The van der Waals surface area contributed by atoms with E-state index in [-0.39, 0.29) is 0 Å². The summed E-state index contributed by atoms with van der Waals surface area (Å²) in [4.78, 5) is 0. The molecule has 19 heavy (non-hydrogen) atoms. The molecule has 108 valence electrons. The number of hydrogen-bond donors (Lipinski definition) is 1. The lowest BCUT2D eigenvalue weighted by Crippen LogP contribution is -2.34. The maximum absolute atomic E-state index is 5.49. The Hall–Kier alpha value is -0.410. The molecule has 2 nitrogen and oxygen atoms in total. The van der Waals surface area contributed by atoms with Gasteiger partial charge in [0.05, 0.1) is 6.26 Å². The van der Waals surface area contributed by atoms with Gasteiger partial charge in [0.2, 0.25) is 0 Å². The fraction of sp³-hybridized carbons (Fsp3) is 0.750. The minimum atomic E-state index is 0.554. The van der Waals surface area contributed by atoms with Crippen LogP contribution in [0.15, 0.2) is 22.8 Å². The van der Waals surface area contributed by atoms with Gasteiger partial charge in [-0.05, 0) is 37.9 Å². The van der Waals surface area contributed by atoms with Gasteiger partial charge in [0.1, 0.15) is 5.76 Å². The maximum Gasteiger partial charge on any atom is 0.105 e. The fourth-order valence-corrected chi connectivity index (χ4v) is 4.10. The van der Waals surface area contributed by atoms with Gasteiger partial charge in [0, 0.05) is 23.5 Å². The SMILES string of the molecule is CCCNC(CSC1CCCCC1)Cc1ccco1. The highest BCUT2D eigenvalue weighted by atomic mass is 32.2. The molecular formula is C16H27NOS. The van der Waals surface area contributed by atoms with E-state index in [0.717, 1.165) is 24.0 Å². The molecule has 1 N–H and O–H groups in total. The third-order valence-electron chi connectivity index (χ3n) is 3.80. The van der Waals surface area contributed by atoms with Crippen LogP contribution in [0.5, 0.6) is 0 Å². The highest BCUT2D eigenvalue weighted by Gasteiger charge is 2.17. The number of nitrogens with one attached hydrogen (secondary N) is 1. The minimum absolute atomic E-state index is 0.554. The van der Waals surface area contributed by atoms with Crippen LogP contribution < -0.4 is 5.32 Å². The summed E-state index contributed by atoms with van der Waals surface area (Å²) in [6.45, 7) is 3.34. The highest BCUT2D eigenvalue weighted by molar-refractivity contribution is 7.99. The Morgan fingerprint density at radius 3 is 2.89 bits per heavy atom. The average molecular weight is 281 g/mol. The minimum Gasteiger partial charge on any atom is -0.469 e. The second kappa shape index (κ2) is 8.70. The molecule has 0 bridgehead atoms. The van der Waals surface area contributed by atoms with E-state index in [1.165, 1.54) is 44.3 Å². The number of thioether (sulfide) groups is 1. The van der Waals surface area contributed by atoms with Crippen molar-refractivity contribution in [1.29, 1.82) is 0 Å². The van der Waals surface area contributed by atoms with Crippen molar-refractivity contribution in [3.8, 4) is 0 Å². The molecule has 1 aromatic rings. The first kappa shape index (κ1) is 15.0. The van der Waals surface area contributed by atoms with Crippen LogP contribution in [0.3, 0.4) is 0 Å². The van der Waals surface area contributed by atoms with E-state index in [2.05, 4.69) is 30.1 Å². The van der Waals surface area contributed by atoms with Crippen molar-refractivity contribution in [2.24, 2.45) is 0 Å². The van der Waals surface area contributed by atoms with E-state index in [0.29, 0.717) is 6.04 Å². The van der Waals surface area contributed by atoms with E-state index in [1.807, 2.05) is 6.07 Å². The monoisotopic (exact) mass is 281 g/mol. The van der Waals surface area contributed by atoms with Gasteiger partial charge >= 0.3 is 0 Å². The lowest BCUT2D eigenvalue weighted by Gasteiger charge is -2.24. The molecule has 1 fully saturated rings. The molecular weight excluding hydrogens is 254 g/mol. The molecule has 1 heterocycles. The molecule has 1 atom stereocenters. The molecule has 2 rings (SSSR count). The second-order valence-corrected chi connectivity index (χ2v) is 6.86. The Labute approximate surface area is 121 Å². The average Bonchev–Trinajstić information content (AvgIpc) is 2.96. The van der Waals surface area contributed by atoms with Crippen molar-refractivity contribution in [1.82, 2.24) is 5.32 Å². The standard InChI is InChI=1S/C16H27NOS/c1-2-10-17-14(12-15-7-6-11-18-15)13-19-16-8-4-3-5-9-16/h6-7,11,14,16-17H,2-5,8-10,12-13H2,1H3. The molecule has 3 heteroatoms. The summed E-state index contributed by atoms with van der Waals surface area (Å²) >= 11 is 2.17. The van der Waals surface area contributed by atoms with Crippen LogP contribution in [0.1, 0.15) is 51.2 Å². The van der Waals surface area contributed by atoms with E-state index in [9.17, 15) is 0 Å². The van der Waals surface area contributed by atoms with Crippen LogP contribution in [0, 0.1) is 0 Å². The van der Waals surface area contributed by atoms with Crippen molar-refractivity contribution >= 4 is 11.8 Å². The zero-order valence-corrected chi connectivity index (χ0v) is 12.9. The summed E-state index contributed by atoms with van der Waals surface area (Å²) in [7, 11) is 0. The van der Waals surface area contributed by atoms with Crippen molar-refractivity contribution < 1.29 is 4.42 Å². The first-order valence-corrected chi connectivity index (χ1v) is 8.80. The molecule has 1 aliphatic carbocycles. The van der Waals surface area contributed by atoms with Gasteiger partial charge in [-0.25, -0.2) is 0 Å². The molecule has 0 radical (unpaired) electrons. The third kappa shape index (κ3) is 5.62. The van der Waals surface area contributed by atoms with Crippen LogP contribution in [0.4, 0.5) is 0 Å². The van der Waals surface area contributed by atoms with Crippen molar-refractivity contribution in [3.05, 3.63) is 24.2 Å². The molecule has 1 unspecified atom stereocenters. The molecule has 0 aliphatic heterocycles. The predicted octanol–water partition coefficient (Wildman–Crippen LogP) is 4.26. The van der Waals surface area contributed by atoms with Gasteiger partial charge in [0.15, 0.2) is 0 Å². The smallest absolute Gasteiger partial charge is 0.105 e. The Bertz CT molecular complexity index is 319. The third-order valence-corrected chi connectivity index (χ3v) is 5.33. The van der Waals surface area contributed by atoms with Crippen LogP contribution >= 0.6 is 11.8 Å². The first-order valence-electron chi connectivity index (χ1n) is 7.76. The van der Waals surface area contributed by atoms with Crippen LogP contribution in [-0.2, 0) is 6.42 Å². The zero-order valence-electron chi connectivity index (χ0n) is 12.1. The number of rotatable bonds is 8. The lowest BCUT2D eigenvalue weighted by molar-refractivity contribution is 0.459. The normalized spacial score (nSPS) is 18.6. The lowest BCUT2D eigenvalue weighted by atomic mass is 10.0. The Morgan fingerprint density at radius 2 is 2.21 bits per heavy atom. The van der Waals surface area contributed by atoms with Crippen molar-refractivity contribution in [2.45, 2.75) is 63.2 Å². The predicted molar refractivity (Wildman–Crippen MR) is 83.8 cm³/mol. The van der Waals surface area contributed by atoms with E-state index in [1.54, 1.807) is 6.26 Å². The molecule has 0 saturated heterocycles. The van der Waals surface area contributed by atoms with E-state index in [4.69, 9.17) is 4.42 Å². The zero-order chi connectivity index (χ0) is 13.3. The molecule has 1 saturated carbocycles. The topological polar surface area (TPSA) is 25.2 Å². The summed E-state index contributed by atoms with van der Waals surface area (Å²) < 4.78 is 5.49. The molecule has 0 amide bonds. The van der Waals surface area contributed by atoms with Crippen LogP contribution in [0.2, 0.25) is 0 Å². The van der Waals surface area contributed by atoms with Crippen molar-refractivity contribution in [2.75, 3.05) is 12.3 Å². The number of furan rings is 1. The van der Waals surface area contributed by atoms with Crippen LogP contribution in [0.25, 0.3) is 0 Å². The molecule has 1 aromatic heterocycles. The Morgan fingerprint density at radius 1 is 1.37 bits per heavy atom. The summed E-state index contributed by atoms with van der Waals surface area (Å²) in [6, 6.07) is 4.63. The van der Waals surface area contributed by atoms with Gasteiger partial charge in [-0.1, -0.05) is 26.2 Å². The number of hydrogen-bond acceptors (Lipinski definition) is 3. The molecule has 1 aliphatic rings. The molecule has 0 spiro atoms. The van der Waals surface area contributed by atoms with Gasteiger partial charge in [0.25, 0.3) is 0 Å². The summed E-state index contributed by atoms with van der Waals surface area (Å²) in [6.07, 6.45) is 11.2. The summed E-state index contributed by atoms with van der Waals surface area (Å²) in [5, 5.41) is 4.57. The first-order chi connectivity index (χ1) is 9.38. The Balaban J connectivity index is 1.75. The van der Waals surface area contributed by atoms with Crippen molar-refractivity contribution in [3.63, 3.8) is 0 Å². The largest absolute Gasteiger partial charge is 0.469 e. The summed E-state index contributed by atoms with van der Waals surface area (Å²) in [5.74, 6) is 2.32. The van der Waals surface area contributed by atoms with Gasteiger partial charge < -0.3 is 9.73 Å². The van der Waals surface area contributed by atoms with E-state index >= 15 is 0 Å². The van der Waals surface area contributed by atoms with Gasteiger partial charge in [-0.2, -0.15) is 11.8 Å². The molecule has 0 aromatic carbocycles.